The van der Waals surface area contributed by atoms with Crippen LogP contribution in [0.15, 0.2) is 40.9 Å². The molecule has 0 radical (unpaired) electrons. The second-order valence-electron chi connectivity index (χ2n) is 4.25. The van der Waals surface area contributed by atoms with Crippen molar-refractivity contribution >= 4 is 21.6 Å². The Balaban J connectivity index is 2.17. The molecule has 0 bridgehead atoms. The molecule has 2 nitrogen and oxygen atoms in total. The normalized spacial score (nSPS) is 10.3. The number of ether oxygens (including phenoxy) is 1. The maximum absolute atomic E-state index is 14.0. The highest BCUT2D eigenvalue weighted by molar-refractivity contribution is 9.10. The molecule has 0 spiro atoms. The van der Waals surface area contributed by atoms with Crippen molar-refractivity contribution in [3.63, 3.8) is 0 Å². The van der Waals surface area contributed by atoms with Crippen molar-refractivity contribution in [1.29, 1.82) is 0 Å². The highest BCUT2D eigenvalue weighted by Gasteiger charge is 2.08. The molecule has 1 N–H and O–H groups in total. The summed E-state index contributed by atoms with van der Waals surface area (Å²) >= 11 is 3.43. The van der Waals surface area contributed by atoms with Crippen molar-refractivity contribution in [2.24, 2.45) is 0 Å². The van der Waals surface area contributed by atoms with Gasteiger partial charge in [0.15, 0.2) is 11.6 Å². The van der Waals surface area contributed by atoms with Crippen LogP contribution in [0.1, 0.15) is 11.1 Å². The van der Waals surface area contributed by atoms with E-state index in [2.05, 4.69) is 21.2 Å². The van der Waals surface area contributed by atoms with Crippen LogP contribution in [-0.4, -0.2) is 7.11 Å². The largest absolute Gasteiger partial charge is 0.494 e. The molecule has 2 aromatic carbocycles. The lowest BCUT2D eigenvalue weighted by Gasteiger charge is -2.12. The van der Waals surface area contributed by atoms with E-state index in [0.29, 0.717) is 12.1 Å². The molecule has 0 aliphatic rings. The Morgan fingerprint density at radius 1 is 1.26 bits per heavy atom. The molecule has 0 aromatic heterocycles. The molecular formula is C15H15BrFNO. The Hall–Kier alpha value is -1.55. The third-order valence-electron chi connectivity index (χ3n) is 2.93. The van der Waals surface area contributed by atoms with Gasteiger partial charge in [-0.15, -0.1) is 0 Å². The Labute approximate surface area is 120 Å². The van der Waals surface area contributed by atoms with E-state index in [4.69, 9.17) is 4.74 Å². The molecule has 100 valence electrons. The van der Waals surface area contributed by atoms with Crippen LogP contribution in [0.5, 0.6) is 5.75 Å². The van der Waals surface area contributed by atoms with Crippen LogP contribution < -0.4 is 10.1 Å². The quantitative estimate of drug-likeness (QED) is 0.893. The summed E-state index contributed by atoms with van der Waals surface area (Å²) in [6, 6.07) is 11.1. The van der Waals surface area contributed by atoms with Gasteiger partial charge in [0.2, 0.25) is 0 Å². The zero-order chi connectivity index (χ0) is 13.8. The zero-order valence-electron chi connectivity index (χ0n) is 10.8. The highest BCUT2D eigenvalue weighted by atomic mass is 79.9. The van der Waals surface area contributed by atoms with E-state index in [0.717, 1.165) is 15.7 Å². The minimum atomic E-state index is -0.315. The van der Waals surface area contributed by atoms with Crippen LogP contribution in [0.3, 0.4) is 0 Å². The van der Waals surface area contributed by atoms with E-state index < -0.39 is 0 Å². The van der Waals surface area contributed by atoms with Crippen molar-refractivity contribution in [1.82, 2.24) is 0 Å². The highest BCUT2D eigenvalue weighted by Crippen LogP contribution is 2.24. The fourth-order valence-electron chi connectivity index (χ4n) is 1.83. The van der Waals surface area contributed by atoms with E-state index in [1.165, 1.54) is 7.11 Å². The molecule has 0 saturated carbocycles. The summed E-state index contributed by atoms with van der Waals surface area (Å²) in [6.07, 6.45) is 0. The van der Waals surface area contributed by atoms with Crippen LogP contribution in [0.2, 0.25) is 0 Å². The summed E-state index contributed by atoms with van der Waals surface area (Å²) in [7, 11) is 1.47. The van der Waals surface area contributed by atoms with Gasteiger partial charge in [0.05, 0.1) is 7.11 Å². The van der Waals surface area contributed by atoms with Crippen molar-refractivity contribution in [3.05, 3.63) is 57.8 Å². The summed E-state index contributed by atoms with van der Waals surface area (Å²) in [5.41, 5.74) is 2.68. The van der Waals surface area contributed by atoms with Crippen molar-refractivity contribution < 1.29 is 9.13 Å². The monoisotopic (exact) mass is 323 g/mol. The molecule has 2 rings (SSSR count). The zero-order valence-corrected chi connectivity index (χ0v) is 12.4. The molecule has 0 heterocycles. The number of hydrogen-bond donors (Lipinski definition) is 1. The molecule has 4 heteroatoms. The molecule has 0 aliphatic heterocycles. The Kier molecular flexibility index (Phi) is 4.43. The lowest BCUT2D eigenvalue weighted by molar-refractivity contribution is 0.384. The molecule has 0 aliphatic carbocycles. The number of aryl methyl sites for hydroxylation is 1. The molecule has 0 saturated heterocycles. The Morgan fingerprint density at radius 3 is 2.79 bits per heavy atom. The number of halogens is 2. The SMILES string of the molecule is COc1cccc(CNc2cc(Br)ccc2C)c1F. The maximum atomic E-state index is 14.0. The van der Waals surface area contributed by atoms with Gasteiger partial charge in [-0.25, -0.2) is 4.39 Å². The fraction of sp³-hybridized carbons (Fsp3) is 0.200. The third-order valence-corrected chi connectivity index (χ3v) is 3.43. The van der Waals surface area contributed by atoms with Gasteiger partial charge in [0.1, 0.15) is 0 Å². The summed E-state index contributed by atoms with van der Waals surface area (Å²) < 4.78 is 19.9. The average molecular weight is 324 g/mol. The Bertz CT molecular complexity index is 586. The van der Waals surface area contributed by atoms with Crippen LogP contribution in [0, 0.1) is 12.7 Å². The van der Waals surface area contributed by atoms with Crippen LogP contribution in [0.4, 0.5) is 10.1 Å². The van der Waals surface area contributed by atoms with E-state index in [-0.39, 0.29) is 11.6 Å². The standard InChI is InChI=1S/C15H15BrFNO/c1-10-6-7-12(16)8-13(10)18-9-11-4-3-5-14(19-2)15(11)17/h3-8,18H,9H2,1-2H3. The molecule has 2 aromatic rings. The van der Waals surface area contributed by atoms with E-state index in [1.54, 1.807) is 18.2 Å². The topological polar surface area (TPSA) is 21.3 Å². The number of rotatable bonds is 4. The summed E-state index contributed by atoms with van der Waals surface area (Å²) in [4.78, 5) is 0. The second-order valence-corrected chi connectivity index (χ2v) is 5.16. The van der Waals surface area contributed by atoms with Crippen molar-refractivity contribution in [2.45, 2.75) is 13.5 Å². The van der Waals surface area contributed by atoms with Gasteiger partial charge in [-0.2, -0.15) is 0 Å². The van der Waals surface area contributed by atoms with Gasteiger partial charge in [0, 0.05) is 22.3 Å². The number of benzene rings is 2. The molecule has 0 amide bonds. The third kappa shape index (κ3) is 3.26. The van der Waals surface area contributed by atoms with E-state index >= 15 is 0 Å². The van der Waals surface area contributed by atoms with Crippen LogP contribution in [0.25, 0.3) is 0 Å². The van der Waals surface area contributed by atoms with E-state index in [1.807, 2.05) is 25.1 Å². The number of anilines is 1. The summed E-state index contributed by atoms with van der Waals surface area (Å²) in [5, 5.41) is 3.24. The molecular weight excluding hydrogens is 309 g/mol. The number of hydrogen-bond acceptors (Lipinski definition) is 2. The minimum Gasteiger partial charge on any atom is -0.494 e. The predicted molar refractivity (Wildman–Crippen MR) is 79.2 cm³/mol. The average Bonchev–Trinajstić information content (AvgIpc) is 2.41. The first-order valence-electron chi connectivity index (χ1n) is 5.93. The first-order chi connectivity index (χ1) is 9.11. The van der Waals surface area contributed by atoms with Gasteiger partial charge >= 0.3 is 0 Å². The van der Waals surface area contributed by atoms with Crippen molar-refractivity contribution in [3.8, 4) is 5.75 Å². The first kappa shape index (κ1) is 13.9. The van der Waals surface area contributed by atoms with Crippen LogP contribution in [-0.2, 0) is 6.54 Å². The number of methoxy groups -OCH3 is 1. The summed E-state index contributed by atoms with van der Waals surface area (Å²) in [5.74, 6) is -0.0459. The minimum absolute atomic E-state index is 0.269. The molecule has 19 heavy (non-hydrogen) atoms. The fourth-order valence-corrected chi connectivity index (χ4v) is 2.19. The van der Waals surface area contributed by atoms with Gasteiger partial charge in [-0.05, 0) is 30.7 Å². The predicted octanol–water partition coefficient (Wildman–Crippen LogP) is 4.52. The summed E-state index contributed by atoms with van der Waals surface area (Å²) in [6.45, 7) is 2.43. The lowest BCUT2D eigenvalue weighted by Crippen LogP contribution is -2.04. The maximum Gasteiger partial charge on any atom is 0.170 e. The first-order valence-corrected chi connectivity index (χ1v) is 6.72. The molecule has 0 unspecified atom stereocenters. The molecule has 0 fully saturated rings. The van der Waals surface area contributed by atoms with E-state index in [9.17, 15) is 4.39 Å². The van der Waals surface area contributed by atoms with Crippen molar-refractivity contribution in [2.75, 3.05) is 12.4 Å². The van der Waals surface area contributed by atoms with Gasteiger partial charge in [0.25, 0.3) is 0 Å². The number of nitrogens with one attached hydrogen (secondary N) is 1. The Morgan fingerprint density at radius 2 is 2.05 bits per heavy atom. The lowest BCUT2D eigenvalue weighted by atomic mass is 10.1. The van der Waals surface area contributed by atoms with Gasteiger partial charge in [-0.1, -0.05) is 34.1 Å². The second kappa shape index (κ2) is 6.06. The van der Waals surface area contributed by atoms with Gasteiger partial charge in [-0.3, -0.25) is 0 Å². The van der Waals surface area contributed by atoms with Gasteiger partial charge < -0.3 is 10.1 Å². The molecule has 0 atom stereocenters. The van der Waals surface area contributed by atoms with Crippen LogP contribution >= 0.6 is 15.9 Å². The smallest absolute Gasteiger partial charge is 0.170 e.